The van der Waals surface area contributed by atoms with Gasteiger partial charge in [-0.05, 0) is 31.9 Å². The number of rotatable bonds is 3. The number of hydrogen-bond donors (Lipinski definition) is 1. The molecule has 3 rings (SSSR count). The zero-order valence-electron chi connectivity index (χ0n) is 12.8. The van der Waals surface area contributed by atoms with Crippen molar-refractivity contribution in [1.82, 2.24) is 0 Å². The Bertz CT molecular complexity index is 868. The summed E-state index contributed by atoms with van der Waals surface area (Å²) in [4.78, 5) is 11.5. The molecular formula is C16H17NO5S. The van der Waals surface area contributed by atoms with Gasteiger partial charge in [-0.3, -0.25) is 9.10 Å². The number of benzene rings is 1. The lowest BCUT2D eigenvalue weighted by Crippen LogP contribution is -2.38. The molecule has 0 fully saturated rings. The van der Waals surface area contributed by atoms with Gasteiger partial charge in [0.25, 0.3) is 10.0 Å². The molecule has 0 bridgehead atoms. The molecule has 122 valence electrons. The molecule has 1 aromatic carbocycles. The summed E-state index contributed by atoms with van der Waals surface area (Å²) < 4.78 is 32.6. The summed E-state index contributed by atoms with van der Waals surface area (Å²) >= 11 is 0. The van der Waals surface area contributed by atoms with Gasteiger partial charge in [0.05, 0.1) is 11.6 Å². The van der Waals surface area contributed by atoms with Gasteiger partial charge in [-0.15, -0.1) is 0 Å². The molecule has 0 spiro atoms. The van der Waals surface area contributed by atoms with Crippen molar-refractivity contribution in [3.63, 3.8) is 0 Å². The molecule has 1 N–H and O–H groups in total. The molecule has 7 heteroatoms. The van der Waals surface area contributed by atoms with Gasteiger partial charge in [-0.25, -0.2) is 8.42 Å². The third-order valence-corrected chi connectivity index (χ3v) is 5.98. The topological polar surface area (TPSA) is 87.8 Å². The number of carboxylic acid groups (broad SMARTS) is 1. The SMILES string of the molecule is Cc1cc(S(=O)(=O)N2CCC(C(=O)O)c3ccccc32)c(C)o1. The molecule has 2 heterocycles. The van der Waals surface area contributed by atoms with E-state index in [1.165, 1.54) is 10.4 Å². The van der Waals surface area contributed by atoms with Crippen molar-refractivity contribution in [2.45, 2.75) is 31.1 Å². The lowest BCUT2D eigenvalue weighted by molar-refractivity contribution is -0.139. The van der Waals surface area contributed by atoms with Gasteiger partial charge in [-0.1, -0.05) is 18.2 Å². The number of fused-ring (bicyclic) bond motifs is 1. The van der Waals surface area contributed by atoms with Crippen LogP contribution >= 0.6 is 0 Å². The fourth-order valence-corrected chi connectivity index (χ4v) is 4.75. The molecule has 1 aromatic heterocycles. The van der Waals surface area contributed by atoms with Crippen LogP contribution in [0.1, 0.15) is 29.4 Å². The first-order chi connectivity index (χ1) is 10.8. The molecule has 0 saturated carbocycles. The van der Waals surface area contributed by atoms with Gasteiger partial charge in [0.1, 0.15) is 16.4 Å². The van der Waals surface area contributed by atoms with Gasteiger partial charge < -0.3 is 9.52 Å². The number of aryl methyl sites for hydroxylation is 2. The average Bonchev–Trinajstić information content (AvgIpc) is 2.85. The van der Waals surface area contributed by atoms with Crippen molar-refractivity contribution in [3.05, 3.63) is 47.4 Å². The van der Waals surface area contributed by atoms with Crippen molar-refractivity contribution >= 4 is 21.7 Å². The van der Waals surface area contributed by atoms with E-state index in [1.807, 2.05) is 0 Å². The second-order valence-electron chi connectivity index (χ2n) is 5.59. The third-order valence-electron chi connectivity index (χ3n) is 4.06. The van der Waals surface area contributed by atoms with Crippen LogP contribution in [-0.4, -0.2) is 26.0 Å². The fraction of sp³-hybridized carbons (Fsp3) is 0.312. The van der Waals surface area contributed by atoms with E-state index < -0.39 is 21.9 Å². The summed E-state index contributed by atoms with van der Waals surface area (Å²) in [5.74, 6) is -0.773. The molecule has 23 heavy (non-hydrogen) atoms. The monoisotopic (exact) mass is 335 g/mol. The van der Waals surface area contributed by atoms with Crippen LogP contribution in [-0.2, 0) is 14.8 Å². The summed E-state index contributed by atoms with van der Waals surface area (Å²) in [6.45, 7) is 3.42. The number of carboxylic acids is 1. The first-order valence-corrected chi connectivity index (χ1v) is 8.68. The highest BCUT2D eigenvalue weighted by atomic mass is 32.2. The number of aliphatic carboxylic acids is 1. The highest BCUT2D eigenvalue weighted by Gasteiger charge is 2.37. The Kier molecular flexibility index (Phi) is 3.68. The summed E-state index contributed by atoms with van der Waals surface area (Å²) in [6.07, 6.45) is 0.238. The Hall–Kier alpha value is -2.28. The van der Waals surface area contributed by atoms with Crippen molar-refractivity contribution in [2.75, 3.05) is 10.8 Å². The minimum Gasteiger partial charge on any atom is -0.481 e. The molecule has 6 nitrogen and oxygen atoms in total. The van der Waals surface area contributed by atoms with E-state index in [4.69, 9.17) is 4.42 Å². The van der Waals surface area contributed by atoms with E-state index in [0.717, 1.165) is 0 Å². The van der Waals surface area contributed by atoms with Crippen molar-refractivity contribution < 1.29 is 22.7 Å². The Morgan fingerprint density at radius 3 is 2.61 bits per heavy atom. The quantitative estimate of drug-likeness (QED) is 0.931. The Morgan fingerprint density at radius 2 is 2.00 bits per heavy atom. The van der Waals surface area contributed by atoms with Crippen molar-refractivity contribution in [1.29, 1.82) is 0 Å². The third kappa shape index (κ3) is 2.50. The number of anilines is 1. The van der Waals surface area contributed by atoms with E-state index in [9.17, 15) is 18.3 Å². The summed E-state index contributed by atoms with van der Waals surface area (Å²) in [5.41, 5.74) is 0.942. The summed E-state index contributed by atoms with van der Waals surface area (Å²) in [7, 11) is -3.79. The summed E-state index contributed by atoms with van der Waals surface area (Å²) in [6, 6.07) is 8.24. The van der Waals surface area contributed by atoms with E-state index in [2.05, 4.69) is 0 Å². The molecule has 1 unspecified atom stereocenters. The molecular weight excluding hydrogens is 318 g/mol. The number of hydrogen-bond acceptors (Lipinski definition) is 4. The van der Waals surface area contributed by atoms with Crippen molar-refractivity contribution in [2.24, 2.45) is 0 Å². The Labute approximate surface area is 134 Å². The zero-order chi connectivity index (χ0) is 16.8. The fourth-order valence-electron chi connectivity index (χ4n) is 3.02. The first kappa shape index (κ1) is 15.6. The van der Waals surface area contributed by atoms with Crippen LogP contribution < -0.4 is 4.31 Å². The number of nitrogens with zero attached hydrogens (tertiary/aromatic N) is 1. The highest BCUT2D eigenvalue weighted by molar-refractivity contribution is 7.92. The van der Waals surface area contributed by atoms with Crippen molar-refractivity contribution in [3.8, 4) is 0 Å². The zero-order valence-corrected chi connectivity index (χ0v) is 13.6. The molecule has 0 aliphatic carbocycles. The second kappa shape index (κ2) is 5.42. The number of carbonyl (C=O) groups is 1. The van der Waals surface area contributed by atoms with Gasteiger partial charge in [0, 0.05) is 12.6 Å². The maximum absolute atomic E-state index is 13.0. The van der Waals surface area contributed by atoms with Gasteiger partial charge >= 0.3 is 5.97 Å². The number of sulfonamides is 1. The summed E-state index contributed by atoms with van der Waals surface area (Å²) in [5, 5.41) is 9.36. The van der Waals surface area contributed by atoms with E-state index in [-0.39, 0.29) is 17.9 Å². The van der Waals surface area contributed by atoms with E-state index in [1.54, 1.807) is 38.1 Å². The molecule has 1 atom stereocenters. The molecule has 0 saturated heterocycles. The van der Waals surface area contributed by atoms with Crippen LogP contribution in [0, 0.1) is 13.8 Å². The van der Waals surface area contributed by atoms with Crippen LogP contribution in [0.4, 0.5) is 5.69 Å². The molecule has 1 aliphatic heterocycles. The largest absolute Gasteiger partial charge is 0.481 e. The highest BCUT2D eigenvalue weighted by Crippen LogP contribution is 2.39. The van der Waals surface area contributed by atoms with Gasteiger partial charge in [0.15, 0.2) is 0 Å². The van der Waals surface area contributed by atoms with Crippen LogP contribution in [0.25, 0.3) is 0 Å². The molecule has 0 amide bonds. The van der Waals surface area contributed by atoms with Crippen LogP contribution in [0.3, 0.4) is 0 Å². The second-order valence-corrected chi connectivity index (χ2v) is 7.42. The predicted octanol–water partition coefficient (Wildman–Crippen LogP) is 2.66. The predicted molar refractivity (Wildman–Crippen MR) is 84.1 cm³/mol. The Balaban J connectivity index is 2.12. The maximum Gasteiger partial charge on any atom is 0.311 e. The standard InChI is InChI=1S/C16H17NO5S/c1-10-9-15(11(2)22-10)23(20,21)17-8-7-13(16(18)19)12-5-3-4-6-14(12)17/h3-6,9,13H,7-8H2,1-2H3,(H,18,19). The number of furan rings is 1. The van der Waals surface area contributed by atoms with Gasteiger partial charge in [-0.2, -0.15) is 0 Å². The molecule has 0 radical (unpaired) electrons. The van der Waals surface area contributed by atoms with E-state index >= 15 is 0 Å². The number of para-hydroxylation sites is 1. The average molecular weight is 335 g/mol. The van der Waals surface area contributed by atoms with Gasteiger partial charge in [0.2, 0.25) is 0 Å². The first-order valence-electron chi connectivity index (χ1n) is 7.24. The minimum absolute atomic E-state index is 0.124. The minimum atomic E-state index is -3.79. The smallest absolute Gasteiger partial charge is 0.311 e. The normalized spacial score (nSPS) is 17.8. The lowest BCUT2D eigenvalue weighted by atomic mass is 9.91. The van der Waals surface area contributed by atoms with Crippen LogP contribution in [0.5, 0.6) is 0 Å². The Morgan fingerprint density at radius 1 is 1.30 bits per heavy atom. The maximum atomic E-state index is 13.0. The molecule has 2 aromatic rings. The van der Waals surface area contributed by atoms with E-state index in [0.29, 0.717) is 22.8 Å². The lowest BCUT2D eigenvalue weighted by Gasteiger charge is -2.33. The van der Waals surface area contributed by atoms with Crippen LogP contribution in [0.15, 0.2) is 39.6 Å². The van der Waals surface area contributed by atoms with Crippen LogP contribution in [0.2, 0.25) is 0 Å². The molecule has 1 aliphatic rings.